The van der Waals surface area contributed by atoms with E-state index in [1.165, 1.54) is 0 Å². The number of hydrogen-bond acceptors (Lipinski definition) is 4. The zero-order chi connectivity index (χ0) is 22.4. The number of carbonyl (C=O) groups excluding carboxylic acids is 2. The van der Waals surface area contributed by atoms with E-state index in [4.69, 9.17) is 0 Å². The highest BCUT2D eigenvalue weighted by molar-refractivity contribution is 6.11. The second-order valence-electron chi connectivity index (χ2n) is 8.80. The van der Waals surface area contributed by atoms with E-state index in [9.17, 15) is 9.59 Å². The van der Waals surface area contributed by atoms with Gasteiger partial charge in [-0.15, -0.1) is 0 Å². The van der Waals surface area contributed by atoms with Gasteiger partial charge < -0.3 is 9.80 Å². The van der Waals surface area contributed by atoms with Crippen LogP contribution in [-0.2, 0) is 16.1 Å². The first-order chi connectivity index (χ1) is 16.2. The van der Waals surface area contributed by atoms with Crippen molar-refractivity contribution < 1.29 is 9.59 Å². The summed E-state index contributed by atoms with van der Waals surface area (Å²) >= 11 is 0. The molecule has 0 spiro atoms. The zero-order valence-electron chi connectivity index (χ0n) is 18.2. The molecule has 1 atom stereocenters. The molecule has 2 aliphatic heterocycles. The van der Waals surface area contributed by atoms with Gasteiger partial charge in [-0.05, 0) is 29.1 Å². The second-order valence-corrected chi connectivity index (χ2v) is 8.80. The zero-order valence-corrected chi connectivity index (χ0v) is 18.2. The molecule has 6 heteroatoms. The summed E-state index contributed by atoms with van der Waals surface area (Å²) in [7, 11) is 0. The number of hydrogen-bond donors (Lipinski definition) is 0. The number of fused-ring (bicyclic) bond motifs is 3. The molecule has 2 saturated heterocycles. The fourth-order valence-electron chi connectivity index (χ4n) is 5.09. The monoisotopic (exact) mass is 436 g/mol. The van der Waals surface area contributed by atoms with E-state index >= 15 is 0 Å². The van der Waals surface area contributed by atoms with E-state index in [2.05, 4.69) is 22.0 Å². The minimum Gasteiger partial charge on any atom is -0.326 e. The molecule has 2 aliphatic rings. The molecule has 164 valence electrons. The summed E-state index contributed by atoms with van der Waals surface area (Å²) in [6.07, 6.45) is 1.91. The third kappa shape index (κ3) is 3.52. The number of benzene rings is 3. The van der Waals surface area contributed by atoms with E-state index < -0.39 is 6.04 Å². The maximum Gasteiger partial charge on any atom is 0.251 e. The van der Waals surface area contributed by atoms with Crippen LogP contribution in [0.15, 0.2) is 79.0 Å². The van der Waals surface area contributed by atoms with Gasteiger partial charge in [0.1, 0.15) is 12.6 Å². The van der Waals surface area contributed by atoms with Crippen LogP contribution < -0.4 is 4.90 Å². The van der Waals surface area contributed by atoms with Crippen LogP contribution in [0.3, 0.4) is 0 Å². The molecule has 33 heavy (non-hydrogen) atoms. The maximum absolute atomic E-state index is 13.6. The Morgan fingerprint density at radius 1 is 0.879 bits per heavy atom. The topological polar surface area (TPSA) is 56.8 Å². The predicted octanol–water partition coefficient (Wildman–Crippen LogP) is 3.45. The van der Waals surface area contributed by atoms with Crippen LogP contribution in [0.1, 0.15) is 5.56 Å². The smallest absolute Gasteiger partial charge is 0.251 e. The van der Waals surface area contributed by atoms with Crippen molar-refractivity contribution in [2.75, 3.05) is 31.1 Å². The lowest BCUT2D eigenvalue weighted by molar-refractivity contribution is -0.146. The molecule has 1 aromatic heterocycles. The van der Waals surface area contributed by atoms with Crippen LogP contribution in [0.2, 0.25) is 0 Å². The SMILES string of the molecule is O=C1C2CN(Cc3cnc4ccccc4c3)CCN2C(=O)CN1c1cccc2ccccc12. The summed E-state index contributed by atoms with van der Waals surface area (Å²) in [6.45, 7) is 2.64. The van der Waals surface area contributed by atoms with E-state index in [0.717, 1.165) is 39.5 Å². The molecule has 4 aromatic rings. The molecule has 3 aromatic carbocycles. The highest BCUT2D eigenvalue weighted by Gasteiger charge is 2.43. The molecule has 3 heterocycles. The van der Waals surface area contributed by atoms with Gasteiger partial charge in [-0.3, -0.25) is 19.5 Å². The molecule has 0 aliphatic carbocycles. The van der Waals surface area contributed by atoms with Gasteiger partial charge in [-0.2, -0.15) is 0 Å². The summed E-state index contributed by atoms with van der Waals surface area (Å²) < 4.78 is 0. The molecule has 0 N–H and O–H groups in total. The Balaban J connectivity index is 1.26. The predicted molar refractivity (Wildman–Crippen MR) is 129 cm³/mol. The molecule has 6 nitrogen and oxygen atoms in total. The van der Waals surface area contributed by atoms with E-state index in [1.807, 2.05) is 66.9 Å². The van der Waals surface area contributed by atoms with Gasteiger partial charge in [0.15, 0.2) is 0 Å². The van der Waals surface area contributed by atoms with Gasteiger partial charge in [-0.25, -0.2) is 0 Å². The maximum atomic E-state index is 13.6. The number of pyridine rings is 1. The van der Waals surface area contributed by atoms with E-state index in [-0.39, 0.29) is 18.4 Å². The van der Waals surface area contributed by atoms with Crippen LogP contribution in [0, 0.1) is 0 Å². The summed E-state index contributed by atoms with van der Waals surface area (Å²) in [4.78, 5) is 36.9. The van der Waals surface area contributed by atoms with Gasteiger partial charge >= 0.3 is 0 Å². The van der Waals surface area contributed by atoms with Gasteiger partial charge in [0.25, 0.3) is 5.91 Å². The molecule has 0 bridgehead atoms. The third-order valence-electron chi connectivity index (χ3n) is 6.74. The normalized spacial score (nSPS) is 19.3. The first-order valence-corrected chi connectivity index (χ1v) is 11.3. The molecule has 0 saturated carbocycles. The first-order valence-electron chi connectivity index (χ1n) is 11.3. The van der Waals surface area contributed by atoms with Crippen molar-refractivity contribution in [3.8, 4) is 0 Å². The summed E-state index contributed by atoms with van der Waals surface area (Å²) in [5.74, 6) is 0.00634. The van der Waals surface area contributed by atoms with E-state index in [0.29, 0.717) is 19.6 Å². The van der Waals surface area contributed by atoms with Crippen LogP contribution in [0.4, 0.5) is 5.69 Å². The number of anilines is 1. The quantitative estimate of drug-likeness (QED) is 0.494. The first kappa shape index (κ1) is 19.9. The fraction of sp³-hybridized carbons (Fsp3) is 0.222. The van der Waals surface area contributed by atoms with Crippen molar-refractivity contribution in [3.05, 3.63) is 84.6 Å². The number of rotatable bonds is 3. The molecule has 1 unspecified atom stereocenters. The molecular weight excluding hydrogens is 412 g/mol. The molecule has 2 amide bonds. The van der Waals surface area contributed by atoms with Crippen LogP contribution in [-0.4, -0.2) is 58.8 Å². The van der Waals surface area contributed by atoms with Crippen molar-refractivity contribution in [1.29, 1.82) is 0 Å². The second kappa shape index (κ2) is 7.98. The number of para-hydroxylation sites is 1. The lowest BCUT2D eigenvalue weighted by Gasteiger charge is -2.46. The molecule has 0 radical (unpaired) electrons. The van der Waals surface area contributed by atoms with Gasteiger partial charge in [0.2, 0.25) is 5.91 Å². The largest absolute Gasteiger partial charge is 0.326 e. The lowest BCUT2D eigenvalue weighted by atomic mass is 10.0. The Morgan fingerprint density at radius 3 is 2.58 bits per heavy atom. The summed E-state index contributed by atoms with van der Waals surface area (Å²) in [6, 6.07) is 23.7. The van der Waals surface area contributed by atoms with E-state index in [1.54, 1.807) is 9.80 Å². The minimum atomic E-state index is -0.465. The molecule has 2 fully saturated rings. The number of amides is 2. The lowest BCUT2D eigenvalue weighted by Crippen LogP contribution is -2.66. The Hall–Kier alpha value is -3.77. The van der Waals surface area contributed by atoms with Crippen molar-refractivity contribution >= 4 is 39.2 Å². The Kier molecular flexibility index (Phi) is 4.80. The van der Waals surface area contributed by atoms with Crippen molar-refractivity contribution in [1.82, 2.24) is 14.8 Å². The minimum absolute atomic E-state index is 0.00714. The Bertz CT molecular complexity index is 1380. The Morgan fingerprint density at radius 2 is 1.67 bits per heavy atom. The van der Waals surface area contributed by atoms with Gasteiger partial charge in [-0.1, -0.05) is 54.6 Å². The number of carbonyl (C=O) groups is 2. The number of piperazine rings is 2. The standard InChI is InChI=1S/C27H24N4O2/c32-26-18-31(24-11-5-8-20-6-1-3-9-22(20)24)27(33)25-17-29(12-13-30(25)26)16-19-14-21-7-2-4-10-23(21)28-15-19/h1-11,14-15,25H,12-13,16-18H2. The van der Waals surface area contributed by atoms with Crippen molar-refractivity contribution in [3.63, 3.8) is 0 Å². The highest BCUT2D eigenvalue weighted by atomic mass is 16.2. The highest BCUT2D eigenvalue weighted by Crippen LogP contribution is 2.30. The number of nitrogens with zero attached hydrogens (tertiary/aromatic N) is 4. The van der Waals surface area contributed by atoms with Gasteiger partial charge in [0, 0.05) is 43.1 Å². The van der Waals surface area contributed by atoms with Crippen LogP contribution in [0.25, 0.3) is 21.7 Å². The Labute approximate surface area is 192 Å². The van der Waals surface area contributed by atoms with Crippen LogP contribution >= 0.6 is 0 Å². The third-order valence-corrected chi connectivity index (χ3v) is 6.74. The van der Waals surface area contributed by atoms with Crippen molar-refractivity contribution in [2.45, 2.75) is 12.6 Å². The fourth-order valence-corrected chi connectivity index (χ4v) is 5.09. The van der Waals surface area contributed by atoms with Crippen LogP contribution in [0.5, 0.6) is 0 Å². The summed E-state index contributed by atoms with van der Waals surface area (Å²) in [5.41, 5.74) is 2.90. The molecule has 6 rings (SSSR count). The average molecular weight is 437 g/mol. The van der Waals surface area contributed by atoms with Crippen molar-refractivity contribution in [2.24, 2.45) is 0 Å². The number of aromatic nitrogens is 1. The van der Waals surface area contributed by atoms with Gasteiger partial charge in [0.05, 0.1) is 11.2 Å². The summed E-state index contributed by atoms with van der Waals surface area (Å²) in [5, 5.41) is 3.16. The average Bonchev–Trinajstić information content (AvgIpc) is 2.86. The molecular formula is C27H24N4O2.